The van der Waals surface area contributed by atoms with Crippen LogP contribution in [0, 0.1) is 6.57 Å². The van der Waals surface area contributed by atoms with Gasteiger partial charge in [0, 0.05) is 42.9 Å². The summed E-state index contributed by atoms with van der Waals surface area (Å²) in [4.78, 5) is 35.3. The zero-order chi connectivity index (χ0) is 27.3. The van der Waals surface area contributed by atoms with Gasteiger partial charge in [-0.15, -0.1) is 0 Å². The molecule has 1 N–H and O–H groups in total. The SMILES string of the molecule is [C-]#[N+]c1ccc(-c2cc3n(c2)Cc2cc(N4CC[C@H](NC(=O)OC(C)(C)C)C4=O)ccc2-n2ccnc2-3)cc1. The molecule has 0 bridgehead atoms. The van der Waals surface area contributed by atoms with E-state index in [2.05, 4.69) is 36.5 Å². The normalized spacial score (nSPS) is 16.1. The van der Waals surface area contributed by atoms with Crippen LogP contribution in [0.15, 0.2) is 67.1 Å². The zero-order valence-corrected chi connectivity index (χ0v) is 22.0. The fraction of sp³-hybridized carbons (Fsp3) is 0.267. The molecular weight excluding hydrogens is 492 g/mol. The van der Waals surface area contributed by atoms with Crippen LogP contribution in [0.1, 0.15) is 32.8 Å². The number of alkyl carbamates (subject to hydrolysis) is 1. The number of carbonyl (C=O) groups excluding carboxylic acids is 2. The first-order chi connectivity index (χ1) is 18.7. The van der Waals surface area contributed by atoms with Gasteiger partial charge in [0.1, 0.15) is 11.6 Å². The molecule has 2 aliphatic heterocycles. The number of hydrogen-bond acceptors (Lipinski definition) is 4. The van der Waals surface area contributed by atoms with Gasteiger partial charge in [-0.3, -0.25) is 9.36 Å². The second-order valence-electron chi connectivity index (χ2n) is 10.8. The highest BCUT2D eigenvalue weighted by Gasteiger charge is 2.35. The largest absolute Gasteiger partial charge is 0.444 e. The molecule has 0 saturated carbocycles. The first kappa shape index (κ1) is 24.5. The van der Waals surface area contributed by atoms with Crippen LogP contribution in [0.3, 0.4) is 0 Å². The second-order valence-corrected chi connectivity index (χ2v) is 10.8. The number of carbonyl (C=O) groups is 2. The standard InChI is InChI=1S/C30H28N6O3/c1-30(2,3)39-29(38)33-24-11-13-35(28(24)37)23-9-10-25-21(15-23)18-34-17-20(19-5-7-22(31-4)8-6-19)16-26(34)27-32-12-14-36(25)27/h5-10,12,14-17,24H,11,13,18H2,1-3H3,(H,33,38)/t24-/m0/s1. The molecule has 6 rings (SSSR count). The molecule has 1 saturated heterocycles. The van der Waals surface area contributed by atoms with E-state index in [1.54, 1.807) is 31.9 Å². The summed E-state index contributed by atoms with van der Waals surface area (Å²) < 4.78 is 9.58. The third-order valence-electron chi connectivity index (χ3n) is 6.97. The lowest BCUT2D eigenvalue weighted by atomic mass is 10.1. The van der Waals surface area contributed by atoms with E-state index in [1.165, 1.54) is 0 Å². The third kappa shape index (κ3) is 4.55. The number of fused-ring (bicyclic) bond motifs is 5. The number of amides is 2. The second kappa shape index (κ2) is 9.17. The van der Waals surface area contributed by atoms with Crippen LogP contribution in [-0.4, -0.2) is 44.3 Å². The van der Waals surface area contributed by atoms with Gasteiger partial charge < -0.3 is 19.5 Å². The molecule has 1 fully saturated rings. The summed E-state index contributed by atoms with van der Waals surface area (Å²) in [5.74, 6) is 0.689. The quantitative estimate of drug-likeness (QED) is 0.316. The number of hydrogen-bond donors (Lipinski definition) is 1. The maximum atomic E-state index is 13.2. The average molecular weight is 521 g/mol. The summed E-state index contributed by atoms with van der Waals surface area (Å²) in [5.41, 5.74) is 5.88. The molecule has 1 atom stereocenters. The maximum absolute atomic E-state index is 13.2. The van der Waals surface area contributed by atoms with Crippen molar-refractivity contribution in [3.8, 4) is 28.3 Å². The fourth-order valence-corrected chi connectivity index (χ4v) is 5.21. The lowest BCUT2D eigenvalue weighted by Crippen LogP contribution is -2.43. The Morgan fingerprint density at radius 2 is 1.92 bits per heavy atom. The molecule has 2 amide bonds. The van der Waals surface area contributed by atoms with Crippen LogP contribution in [-0.2, 0) is 16.1 Å². The maximum Gasteiger partial charge on any atom is 0.408 e. The number of nitrogens with one attached hydrogen (secondary N) is 1. The average Bonchev–Trinajstić information content (AvgIpc) is 3.61. The van der Waals surface area contributed by atoms with E-state index in [0.717, 1.165) is 39.6 Å². The van der Waals surface area contributed by atoms with E-state index in [-0.39, 0.29) is 5.91 Å². The van der Waals surface area contributed by atoms with Crippen molar-refractivity contribution < 1.29 is 14.3 Å². The predicted octanol–water partition coefficient (Wildman–Crippen LogP) is 5.55. The Hall–Kier alpha value is -4.84. The molecule has 4 aromatic rings. The highest BCUT2D eigenvalue weighted by Crippen LogP contribution is 2.36. The van der Waals surface area contributed by atoms with Gasteiger partial charge in [-0.1, -0.05) is 24.3 Å². The van der Waals surface area contributed by atoms with Gasteiger partial charge in [0.05, 0.1) is 18.0 Å². The Morgan fingerprint density at radius 1 is 1.13 bits per heavy atom. The molecular formula is C30H28N6O3. The van der Waals surface area contributed by atoms with Crippen molar-refractivity contribution in [2.24, 2.45) is 0 Å². The highest BCUT2D eigenvalue weighted by atomic mass is 16.6. The molecule has 0 aliphatic carbocycles. The van der Waals surface area contributed by atoms with Crippen molar-refractivity contribution in [3.63, 3.8) is 0 Å². The lowest BCUT2D eigenvalue weighted by molar-refractivity contribution is -0.118. The van der Waals surface area contributed by atoms with E-state index in [0.29, 0.717) is 25.2 Å². The molecule has 2 aliphatic rings. The first-order valence-electron chi connectivity index (χ1n) is 12.9. The van der Waals surface area contributed by atoms with E-state index in [4.69, 9.17) is 11.3 Å². The Labute approximate surface area is 226 Å². The predicted molar refractivity (Wildman–Crippen MR) is 148 cm³/mol. The third-order valence-corrected chi connectivity index (χ3v) is 6.97. The minimum Gasteiger partial charge on any atom is -0.444 e. The highest BCUT2D eigenvalue weighted by molar-refractivity contribution is 6.01. The van der Waals surface area contributed by atoms with Crippen LogP contribution >= 0.6 is 0 Å². The van der Waals surface area contributed by atoms with Crippen molar-refractivity contribution in [3.05, 3.63) is 84.1 Å². The van der Waals surface area contributed by atoms with E-state index >= 15 is 0 Å². The Balaban J connectivity index is 1.30. The van der Waals surface area contributed by atoms with Gasteiger partial charge in [0.2, 0.25) is 5.91 Å². The molecule has 4 heterocycles. The minimum absolute atomic E-state index is 0.149. The number of nitrogens with zero attached hydrogens (tertiary/aromatic N) is 5. The van der Waals surface area contributed by atoms with Crippen LogP contribution in [0.2, 0.25) is 0 Å². The topological polar surface area (TPSA) is 85.8 Å². The number of aromatic nitrogens is 3. The van der Waals surface area contributed by atoms with Crippen LogP contribution in [0.5, 0.6) is 0 Å². The van der Waals surface area contributed by atoms with Gasteiger partial charge in [-0.05, 0) is 62.6 Å². The summed E-state index contributed by atoms with van der Waals surface area (Å²) in [5, 5.41) is 2.72. The monoisotopic (exact) mass is 520 g/mol. The van der Waals surface area contributed by atoms with Crippen molar-refractivity contribution in [1.29, 1.82) is 0 Å². The fourth-order valence-electron chi connectivity index (χ4n) is 5.21. The Morgan fingerprint density at radius 3 is 2.67 bits per heavy atom. The number of rotatable bonds is 3. The van der Waals surface area contributed by atoms with Gasteiger partial charge in [0.25, 0.3) is 0 Å². The molecule has 196 valence electrons. The van der Waals surface area contributed by atoms with Gasteiger partial charge >= 0.3 is 6.09 Å². The Bertz CT molecular complexity index is 1630. The molecule has 2 aromatic heterocycles. The van der Waals surface area contributed by atoms with Crippen molar-refractivity contribution in [1.82, 2.24) is 19.4 Å². The van der Waals surface area contributed by atoms with Gasteiger partial charge in [-0.25, -0.2) is 14.6 Å². The van der Waals surface area contributed by atoms with Gasteiger partial charge in [-0.2, -0.15) is 0 Å². The van der Waals surface area contributed by atoms with Crippen LogP contribution in [0.4, 0.5) is 16.2 Å². The van der Waals surface area contributed by atoms with E-state index in [9.17, 15) is 9.59 Å². The molecule has 0 spiro atoms. The van der Waals surface area contributed by atoms with Crippen molar-refractivity contribution >= 4 is 23.4 Å². The number of ether oxygens (including phenoxy) is 1. The number of benzene rings is 2. The zero-order valence-electron chi connectivity index (χ0n) is 22.0. The smallest absolute Gasteiger partial charge is 0.408 e. The van der Waals surface area contributed by atoms with Crippen molar-refractivity contribution in [2.45, 2.75) is 45.4 Å². The number of anilines is 1. The summed E-state index contributed by atoms with van der Waals surface area (Å²) in [6.45, 7) is 13.7. The first-order valence-corrected chi connectivity index (χ1v) is 12.9. The Kier molecular flexibility index (Phi) is 5.76. The molecule has 2 aromatic carbocycles. The lowest BCUT2D eigenvalue weighted by Gasteiger charge is -2.22. The summed E-state index contributed by atoms with van der Waals surface area (Å²) in [6.07, 6.45) is 5.76. The van der Waals surface area contributed by atoms with Crippen LogP contribution < -0.4 is 10.2 Å². The minimum atomic E-state index is -0.632. The van der Waals surface area contributed by atoms with E-state index in [1.807, 2.05) is 48.7 Å². The van der Waals surface area contributed by atoms with Crippen LogP contribution in [0.25, 0.3) is 33.2 Å². The van der Waals surface area contributed by atoms with E-state index < -0.39 is 17.7 Å². The number of imidazole rings is 1. The van der Waals surface area contributed by atoms with Gasteiger partial charge in [0.15, 0.2) is 11.5 Å². The molecule has 9 nitrogen and oxygen atoms in total. The van der Waals surface area contributed by atoms with Crippen molar-refractivity contribution in [2.75, 3.05) is 11.4 Å². The molecule has 0 radical (unpaired) electrons. The summed E-state index contributed by atoms with van der Waals surface area (Å²) in [6, 6.07) is 15.1. The molecule has 0 unspecified atom stereocenters. The summed E-state index contributed by atoms with van der Waals surface area (Å²) >= 11 is 0. The summed E-state index contributed by atoms with van der Waals surface area (Å²) in [7, 11) is 0. The molecule has 9 heteroatoms. The molecule has 39 heavy (non-hydrogen) atoms.